The Bertz CT molecular complexity index is 328. The maximum absolute atomic E-state index is 12.9. The van der Waals surface area contributed by atoms with Gasteiger partial charge in [-0.05, 0) is 30.4 Å². The average molecular weight is 202 g/mol. The number of nitrogens with two attached hydrogens (primary N) is 1. The van der Waals surface area contributed by atoms with Crippen LogP contribution in [0.15, 0.2) is 18.2 Å². The van der Waals surface area contributed by atoms with Gasteiger partial charge in [0.25, 0.3) is 0 Å². The Kier molecular flexibility index (Phi) is 3.13. The van der Waals surface area contributed by atoms with Crippen molar-refractivity contribution in [1.82, 2.24) is 5.32 Å². The number of nitrogens with one attached hydrogen (secondary N) is 1. The minimum atomic E-state index is -0.485. The second kappa shape index (κ2) is 4.13. The molecule has 0 unspecified atom stereocenters. The van der Waals surface area contributed by atoms with Gasteiger partial charge in [-0.3, -0.25) is 0 Å². The highest BCUT2D eigenvalue weighted by Gasteiger charge is 2.02. The molecular weight excluding hydrogens is 194 g/mol. The Balaban J connectivity index is 2.75. The van der Waals surface area contributed by atoms with Gasteiger partial charge in [-0.15, -0.1) is 0 Å². The van der Waals surface area contributed by atoms with E-state index in [9.17, 15) is 8.78 Å². The molecule has 0 radical (unpaired) electrons. The molecule has 0 saturated heterocycles. The summed E-state index contributed by atoms with van der Waals surface area (Å²) >= 11 is 4.52. The first-order valence-corrected chi connectivity index (χ1v) is 3.97. The van der Waals surface area contributed by atoms with Crippen LogP contribution in [-0.4, -0.2) is 5.11 Å². The molecule has 1 aromatic rings. The number of benzene rings is 1. The highest BCUT2D eigenvalue weighted by molar-refractivity contribution is 7.80. The fraction of sp³-hybridized carbons (Fsp3) is 0.125. The molecule has 0 atom stereocenters. The molecule has 0 aromatic heterocycles. The summed E-state index contributed by atoms with van der Waals surface area (Å²) in [5.41, 5.74) is 5.33. The van der Waals surface area contributed by atoms with Gasteiger partial charge in [-0.25, -0.2) is 8.78 Å². The van der Waals surface area contributed by atoms with E-state index in [2.05, 4.69) is 17.5 Å². The minimum absolute atomic E-state index is 0.0589. The van der Waals surface area contributed by atoms with Gasteiger partial charge in [0.05, 0.1) is 0 Å². The fourth-order valence-corrected chi connectivity index (χ4v) is 0.933. The van der Waals surface area contributed by atoms with Crippen molar-refractivity contribution in [2.24, 2.45) is 5.73 Å². The quantitative estimate of drug-likeness (QED) is 0.710. The predicted molar refractivity (Wildman–Crippen MR) is 50.0 cm³/mol. The number of thiocarbonyl (C=S) groups is 1. The summed E-state index contributed by atoms with van der Waals surface area (Å²) in [5.74, 6) is -0.966. The molecule has 0 amide bonds. The van der Waals surface area contributed by atoms with Crippen LogP contribution in [0.1, 0.15) is 5.56 Å². The van der Waals surface area contributed by atoms with Crippen molar-refractivity contribution in [3.63, 3.8) is 0 Å². The van der Waals surface area contributed by atoms with E-state index in [1.807, 2.05) is 0 Å². The lowest BCUT2D eigenvalue weighted by molar-refractivity contribution is 0.582. The van der Waals surface area contributed by atoms with Crippen molar-refractivity contribution < 1.29 is 8.78 Å². The van der Waals surface area contributed by atoms with Gasteiger partial charge in [0.15, 0.2) is 5.11 Å². The third kappa shape index (κ3) is 2.95. The van der Waals surface area contributed by atoms with Crippen LogP contribution in [0.3, 0.4) is 0 Å². The Morgan fingerprint density at radius 2 is 2.15 bits per heavy atom. The first-order valence-electron chi connectivity index (χ1n) is 3.57. The van der Waals surface area contributed by atoms with Gasteiger partial charge in [0.2, 0.25) is 0 Å². The Morgan fingerprint density at radius 3 is 2.77 bits per heavy atom. The molecule has 0 saturated carbocycles. The first kappa shape index (κ1) is 9.85. The standard InChI is InChI=1S/C8H8F2N2S/c9-6-1-2-7(10)5(3-6)4-12-8(11)13/h1-3H,4H2,(H3,11,12,13). The molecule has 0 aliphatic heterocycles. The number of hydrogen-bond donors (Lipinski definition) is 2. The van der Waals surface area contributed by atoms with E-state index in [4.69, 9.17) is 5.73 Å². The van der Waals surface area contributed by atoms with Crippen LogP contribution in [-0.2, 0) is 6.54 Å². The zero-order valence-electron chi connectivity index (χ0n) is 6.68. The van der Waals surface area contributed by atoms with Crippen molar-refractivity contribution in [2.45, 2.75) is 6.54 Å². The number of halogens is 2. The van der Waals surface area contributed by atoms with Crippen molar-refractivity contribution >= 4 is 17.3 Å². The summed E-state index contributed by atoms with van der Waals surface area (Å²) in [4.78, 5) is 0. The van der Waals surface area contributed by atoms with Gasteiger partial charge < -0.3 is 11.1 Å². The molecule has 0 heterocycles. The second-order valence-electron chi connectivity index (χ2n) is 2.45. The SMILES string of the molecule is NC(=S)NCc1cc(F)ccc1F. The third-order valence-corrected chi connectivity index (χ3v) is 1.61. The van der Waals surface area contributed by atoms with E-state index in [0.717, 1.165) is 18.2 Å². The van der Waals surface area contributed by atoms with Gasteiger partial charge in [-0.2, -0.15) is 0 Å². The molecule has 0 aliphatic carbocycles. The molecule has 70 valence electrons. The van der Waals surface area contributed by atoms with Crippen LogP contribution in [0.5, 0.6) is 0 Å². The van der Waals surface area contributed by atoms with Crippen LogP contribution in [0.4, 0.5) is 8.78 Å². The molecule has 0 aliphatic rings. The van der Waals surface area contributed by atoms with E-state index in [-0.39, 0.29) is 17.2 Å². The lowest BCUT2D eigenvalue weighted by atomic mass is 10.2. The van der Waals surface area contributed by atoms with Gasteiger partial charge in [0, 0.05) is 12.1 Å². The van der Waals surface area contributed by atoms with Crippen LogP contribution >= 0.6 is 12.2 Å². The summed E-state index contributed by atoms with van der Waals surface area (Å²) in [6.45, 7) is 0.0962. The van der Waals surface area contributed by atoms with E-state index in [1.54, 1.807) is 0 Å². The van der Waals surface area contributed by atoms with Crippen LogP contribution < -0.4 is 11.1 Å². The lowest BCUT2D eigenvalue weighted by Gasteiger charge is -2.04. The topological polar surface area (TPSA) is 38.0 Å². The maximum Gasteiger partial charge on any atom is 0.163 e. The van der Waals surface area contributed by atoms with E-state index in [1.165, 1.54) is 0 Å². The van der Waals surface area contributed by atoms with Crippen molar-refractivity contribution in [2.75, 3.05) is 0 Å². The smallest absolute Gasteiger partial charge is 0.163 e. The molecule has 0 fully saturated rings. The normalized spacial score (nSPS) is 9.69. The molecule has 0 bridgehead atoms. The minimum Gasteiger partial charge on any atom is -0.376 e. The molecule has 1 aromatic carbocycles. The lowest BCUT2D eigenvalue weighted by Crippen LogP contribution is -2.28. The average Bonchev–Trinajstić information content (AvgIpc) is 2.06. The van der Waals surface area contributed by atoms with Crippen LogP contribution in [0, 0.1) is 11.6 Å². The Morgan fingerprint density at radius 1 is 1.46 bits per heavy atom. The predicted octanol–water partition coefficient (Wildman–Crippen LogP) is 1.30. The molecule has 13 heavy (non-hydrogen) atoms. The van der Waals surface area contributed by atoms with Gasteiger partial charge in [0.1, 0.15) is 11.6 Å². The van der Waals surface area contributed by atoms with Gasteiger partial charge in [-0.1, -0.05) is 0 Å². The molecule has 3 N–H and O–H groups in total. The highest BCUT2D eigenvalue weighted by atomic mass is 32.1. The fourth-order valence-electron chi connectivity index (χ4n) is 0.861. The summed E-state index contributed by atoms with van der Waals surface area (Å²) < 4.78 is 25.5. The maximum atomic E-state index is 12.9. The summed E-state index contributed by atoms with van der Waals surface area (Å²) in [6, 6.07) is 3.21. The molecule has 1 rings (SSSR count). The highest BCUT2D eigenvalue weighted by Crippen LogP contribution is 2.08. The molecule has 5 heteroatoms. The largest absolute Gasteiger partial charge is 0.376 e. The Hall–Kier alpha value is -1.23. The van der Waals surface area contributed by atoms with Crippen LogP contribution in [0.2, 0.25) is 0 Å². The molecule has 0 spiro atoms. The van der Waals surface area contributed by atoms with Gasteiger partial charge >= 0.3 is 0 Å². The van der Waals surface area contributed by atoms with E-state index in [0.29, 0.717) is 0 Å². The summed E-state index contributed by atoms with van der Waals surface area (Å²) in [5, 5.41) is 2.59. The third-order valence-electron chi connectivity index (χ3n) is 1.46. The summed E-state index contributed by atoms with van der Waals surface area (Å²) in [7, 11) is 0. The second-order valence-corrected chi connectivity index (χ2v) is 2.89. The van der Waals surface area contributed by atoms with E-state index < -0.39 is 11.6 Å². The summed E-state index contributed by atoms with van der Waals surface area (Å²) in [6.07, 6.45) is 0. The number of rotatable bonds is 2. The molecular formula is C8H8F2N2S. The van der Waals surface area contributed by atoms with E-state index >= 15 is 0 Å². The molecule has 2 nitrogen and oxygen atoms in total. The monoisotopic (exact) mass is 202 g/mol. The van der Waals surface area contributed by atoms with Crippen molar-refractivity contribution in [3.8, 4) is 0 Å². The van der Waals surface area contributed by atoms with Crippen molar-refractivity contribution in [3.05, 3.63) is 35.4 Å². The first-order chi connectivity index (χ1) is 6.09. The van der Waals surface area contributed by atoms with Crippen LogP contribution in [0.25, 0.3) is 0 Å². The zero-order valence-corrected chi connectivity index (χ0v) is 7.50. The Labute approximate surface area is 79.7 Å². The zero-order chi connectivity index (χ0) is 9.84. The number of hydrogen-bond acceptors (Lipinski definition) is 1. The van der Waals surface area contributed by atoms with Crippen molar-refractivity contribution in [1.29, 1.82) is 0 Å².